The van der Waals surface area contributed by atoms with Crippen LogP contribution < -0.4 is 0 Å². The lowest BCUT2D eigenvalue weighted by Gasteiger charge is -2.01. The summed E-state index contributed by atoms with van der Waals surface area (Å²) in [5, 5.41) is 8.72. The Bertz CT molecular complexity index is 505. The number of hydrogen-bond donors (Lipinski definition) is 0. The van der Waals surface area contributed by atoms with Gasteiger partial charge in [0.2, 0.25) is 0 Å². The van der Waals surface area contributed by atoms with Gasteiger partial charge in [-0.15, -0.1) is 11.8 Å². The lowest BCUT2D eigenvalue weighted by molar-refractivity contribution is 1.21. The molecule has 0 saturated carbocycles. The van der Waals surface area contributed by atoms with Crippen LogP contribution in [0.5, 0.6) is 0 Å². The van der Waals surface area contributed by atoms with E-state index in [1.807, 2.05) is 24.3 Å². The number of hydrogen-bond acceptors (Lipinski definition) is 4. The maximum atomic E-state index is 8.72. The summed E-state index contributed by atoms with van der Waals surface area (Å²) in [5.74, 6) is 0.872. The van der Waals surface area contributed by atoms with Crippen molar-refractivity contribution in [3.8, 4) is 6.07 Å². The fourth-order valence-electron chi connectivity index (χ4n) is 1.21. The van der Waals surface area contributed by atoms with Crippen molar-refractivity contribution >= 4 is 11.8 Å². The fraction of sp³-hybridized carbons (Fsp3) is 0.0833. The van der Waals surface area contributed by atoms with Crippen molar-refractivity contribution in [1.82, 2.24) is 9.97 Å². The van der Waals surface area contributed by atoms with Gasteiger partial charge in [-0.05, 0) is 29.8 Å². The number of nitrogens with zero attached hydrogens (tertiary/aromatic N) is 3. The minimum absolute atomic E-state index is 0.458. The lowest BCUT2D eigenvalue weighted by Crippen LogP contribution is -1.84. The van der Waals surface area contributed by atoms with Gasteiger partial charge in [0, 0.05) is 29.2 Å². The van der Waals surface area contributed by atoms with Gasteiger partial charge >= 0.3 is 0 Å². The molecule has 2 rings (SSSR count). The third kappa shape index (κ3) is 2.81. The molecule has 0 unspecified atom stereocenters. The van der Waals surface area contributed by atoms with E-state index >= 15 is 0 Å². The summed E-state index contributed by atoms with van der Waals surface area (Å²) < 4.78 is 0. The van der Waals surface area contributed by atoms with Crippen LogP contribution in [0.3, 0.4) is 0 Å². The van der Waals surface area contributed by atoms with Gasteiger partial charge in [0.15, 0.2) is 0 Å². The lowest BCUT2D eigenvalue weighted by atomic mass is 10.3. The zero-order valence-electron chi connectivity index (χ0n) is 8.50. The average Bonchev–Trinajstić information content (AvgIpc) is 2.38. The Morgan fingerprint density at radius 2 is 2.00 bits per heavy atom. The van der Waals surface area contributed by atoms with Crippen molar-refractivity contribution in [1.29, 1.82) is 5.26 Å². The molecule has 0 saturated heterocycles. The highest BCUT2D eigenvalue weighted by Gasteiger charge is 1.98. The molecule has 78 valence electrons. The zero-order chi connectivity index (χ0) is 11.2. The number of thioether (sulfide) groups is 1. The first-order valence-corrected chi connectivity index (χ1v) is 5.75. The van der Waals surface area contributed by atoms with Gasteiger partial charge in [0.25, 0.3) is 0 Å². The largest absolute Gasteiger partial charge is 0.265 e. The van der Waals surface area contributed by atoms with Crippen LogP contribution in [0, 0.1) is 11.3 Å². The molecule has 0 amide bonds. The average molecular weight is 227 g/mol. The second-order valence-electron chi connectivity index (χ2n) is 3.13. The highest BCUT2D eigenvalue weighted by molar-refractivity contribution is 7.98. The van der Waals surface area contributed by atoms with Gasteiger partial charge < -0.3 is 0 Å². The van der Waals surface area contributed by atoms with Crippen LogP contribution in [0.15, 0.2) is 47.8 Å². The first kappa shape index (κ1) is 10.7. The molecule has 2 heterocycles. The molecule has 0 aliphatic heterocycles. The van der Waals surface area contributed by atoms with Gasteiger partial charge in [-0.1, -0.05) is 0 Å². The molecular formula is C12H9N3S. The Kier molecular flexibility index (Phi) is 3.52. The number of rotatable bonds is 3. The van der Waals surface area contributed by atoms with Crippen LogP contribution in [0.2, 0.25) is 0 Å². The van der Waals surface area contributed by atoms with E-state index < -0.39 is 0 Å². The van der Waals surface area contributed by atoms with Crippen LogP contribution in [0.25, 0.3) is 0 Å². The topological polar surface area (TPSA) is 49.6 Å². The van der Waals surface area contributed by atoms with E-state index in [-0.39, 0.29) is 0 Å². The summed E-state index contributed by atoms with van der Waals surface area (Å²) in [7, 11) is 0. The van der Waals surface area contributed by atoms with Gasteiger partial charge in [-0.3, -0.25) is 4.98 Å². The second kappa shape index (κ2) is 5.29. The predicted octanol–water partition coefficient (Wildman–Crippen LogP) is 2.64. The molecule has 0 radical (unpaired) electrons. The Labute approximate surface area is 98.2 Å². The quantitative estimate of drug-likeness (QED) is 0.756. The molecule has 0 spiro atoms. The number of pyridine rings is 2. The van der Waals surface area contributed by atoms with Crippen LogP contribution in [0.4, 0.5) is 0 Å². The molecule has 4 heteroatoms. The number of aromatic nitrogens is 2. The summed E-state index contributed by atoms with van der Waals surface area (Å²) in [6.45, 7) is 0. The van der Waals surface area contributed by atoms with E-state index in [2.05, 4.69) is 9.97 Å². The molecule has 3 nitrogen and oxygen atoms in total. The zero-order valence-corrected chi connectivity index (χ0v) is 9.31. The summed E-state index contributed by atoms with van der Waals surface area (Å²) in [6.07, 6.45) is 5.22. The molecule has 2 aromatic rings. The molecule has 0 fully saturated rings. The van der Waals surface area contributed by atoms with E-state index in [9.17, 15) is 0 Å². The first-order chi connectivity index (χ1) is 7.88. The standard InChI is InChI=1S/C12H9N3S/c13-8-11-7-12(3-6-15-11)16-9-10-1-4-14-5-2-10/h1-7H,9H2. The maximum Gasteiger partial charge on any atom is 0.141 e. The molecule has 0 bridgehead atoms. The maximum absolute atomic E-state index is 8.72. The molecular weight excluding hydrogens is 218 g/mol. The smallest absolute Gasteiger partial charge is 0.141 e. The van der Waals surface area contributed by atoms with Crippen molar-refractivity contribution in [3.63, 3.8) is 0 Å². The first-order valence-electron chi connectivity index (χ1n) is 4.76. The Morgan fingerprint density at radius 1 is 1.19 bits per heavy atom. The molecule has 2 aromatic heterocycles. The van der Waals surface area contributed by atoms with E-state index in [0.29, 0.717) is 5.69 Å². The normalized spacial score (nSPS) is 9.69. The van der Waals surface area contributed by atoms with E-state index in [4.69, 9.17) is 5.26 Å². The third-order valence-electron chi connectivity index (χ3n) is 2.00. The SMILES string of the molecule is N#Cc1cc(SCc2ccncc2)ccn1. The van der Waals surface area contributed by atoms with Crippen LogP contribution in [0.1, 0.15) is 11.3 Å². The second-order valence-corrected chi connectivity index (χ2v) is 4.18. The van der Waals surface area contributed by atoms with Crippen molar-refractivity contribution in [2.45, 2.75) is 10.6 Å². The van der Waals surface area contributed by atoms with Crippen molar-refractivity contribution in [2.24, 2.45) is 0 Å². The number of nitriles is 1. The van der Waals surface area contributed by atoms with Crippen molar-refractivity contribution in [3.05, 3.63) is 54.1 Å². The van der Waals surface area contributed by atoms with E-state index in [1.165, 1.54) is 5.56 Å². The monoisotopic (exact) mass is 227 g/mol. The molecule has 0 aliphatic carbocycles. The highest BCUT2D eigenvalue weighted by atomic mass is 32.2. The molecule has 0 aromatic carbocycles. The summed E-state index contributed by atoms with van der Waals surface area (Å²) >= 11 is 1.68. The van der Waals surface area contributed by atoms with E-state index in [1.54, 1.807) is 36.4 Å². The minimum Gasteiger partial charge on any atom is -0.265 e. The van der Waals surface area contributed by atoms with Crippen LogP contribution in [-0.2, 0) is 5.75 Å². The van der Waals surface area contributed by atoms with Crippen LogP contribution in [-0.4, -0.2) is 9.97 Å². The van der Waals surface area contributed by atoms with E-state index in [0.717, 1.165) is 10.6 Å². The van der Waals surface area contributed by atoms with Gasteiger partial charge in [-0.25, -0.2) is 4.98 Å². The van der Waals surface area contributed by atoms with Crippen molar-refractivity contribution in [2.75, 3.05) is 0 Å². The molecule has 0 N–H and O–H groups in total. The van der Waals surface area contributed by atoms with Gasteiger partial charge in [-0.2, -0.15) is 5.26 Å². The summed E-state index contributed by atoms with van der Waals surface area (Å²) in [4.78, 5) is 8.95. The fourth-order valence-corrected chi connectivity index (χ4v) is 2.09. The minimum atomic E-state index is 0.458. The third-order valence-corrected chi connectivity index (χ3v) is 3.07. The Balaban J connectivity index is 2.03. The highest BCUT2D eigenvalue weighted by Crippen LogP contribution is 2.22. The van der Waals surface area contributed by atoms with Gasteiger partial charge in [0.05, 0.1) is 0 Å². The Hall–Kier alpha value is -1.86. The van der Waals surface area contributed by atoms with Crippen LogP contribution >= 0.6 is 11.8 Å². The summed E-state index contributed by atoms with van der Waals surface area (Å²) in [6, 6.07) is 9.71. The Morgan fingerprint density at radius 3 is 2.75 bits per heavy atom. The molecule has 0 atom stereocenters. The van der Waals surface area contributed by atoms with Gasteiger partial charge in [0.1, 0.15) is 11.8 Å². The predicted molar refractivity (Wildman–Crippen MR) is 62.8 cm³/mol. The summed E-state index contributed by atoms with van der Waals surface area (Å²) in [5.41, 5.74) is 1.68. The van der Waals surface area contributed by atoms with Crippen molar-refractivity contribution < 1.29 is 0 Å². The molecule has 16 heavy (non-hydrogen) atoms. The molecule has 0 aliphatic rings.